The standard InChI is InChI=1S/C16H19NOS/c1-10-8-19-9-14(10)16(17-3)12-4-5-15-13(7-12)6-11(2)18-15/h4-5,7-9,11,16-17H,6H2,1-3H3. The number of aryl methyl sites for hydroxylation is 1. The molecule has 0 amide bonds. The Hall–Kier alpha value is -1.32. The lowest BCUT2D eigenvalue weighted by atomic mass is 9.96. The van der Waals surface area contributed by atoms with Gasteiger partial charge in [0, 0.05) is 6.42 Å². The van der Waals surface area contributed by atoms with E-state index in [-0.39, 0.29) is 6.04 Å². The summed E-state index contributed by atoms with van der Waals surface area (Å²) in [6, 6.07) is 6.85. The molecule has 3 heteroatoms. The number of nitrogens with one attached hydrogen (secondary N) is 1. The molecule has 0 bridgehead atoms. The van der Waals surface area contributed by atoms with Crippen LogP contribution in [0.15, 0.2) is 29.0 Å². The van der Waals surface area contributed by atoms with Gasteiger partial charge >= 0.3 is 0 Å². The van der Waals surface area contributed by atoms with Gasteiger partial charge in [-0.25, -0.2) is 0 Å². The molecule has 0 fully saturated rings. The lowest BCUT2D eigenvalue weighted by Gasteiger charge is -2.17. The van der Waals surface area contributed by atoms with Crippen LogP contribution in [-0.4, -0.2) is 13.2 Å². The minimum Gasteiger partial charge on any atom is -0.490 e. The molecular weight excluding hydrogens is 254 g/mol. The van der Waals surface area contributed by atoms with E-state index in [0.717, 1.165) is 12.2 Å². The summed E-state index contributed by atoms with van der Waals surface area (Å²) in [6.07, 6.45) is 1.32. The zero-order valence-electron chi connectivity index (χ0n) is 11.6. The van der Waals surface area contributed by atoms with E-state index in [2.05, 4.69) is 48.1 Å². The molecule has 2 nitrogen and oxygen atoms in total. The smallest absolute Gasteiger partial charge is 0.123 e. The number of rotatable bonds is 3. The van der Waals surface area contributed by atoms with Crippen LogP contribution < -0.4 is 10.1 Å². The third-order valence-corrected chi connectivity index (χ3v) is 4.63. The van der Waals surface area contributed by atoms with Gasteiger partial charge in [0.2, 0.25) is 0 Å². The minimum absolute atomic E-state index is 0.271. The Labute approximate surface area is 118 Å². The van der Waals surface area contributed by atoms with Gasteiger partial charge in [0.1, 0.15) is 11.9 Å². The molecule has 2 unspecified atom stereocenters. The van der Waals surface area contributed by atoms with E-state index in [0.29, 0.717) is 6.10 Å². The molecule has 0 spiro atoms. The average Bonchev–Trinajstić information content (AvgIpc) is 2.95. The first-order chi connectivity index (χ1) is 9.19. The molecule has 1 aromatic carbocycles. The van der Waals surface area contributed by atoms with Gasteiger partial charge in [-0.3, -0.25) is 0 Å². The van der Waals surface area contributed by atoms with E-state index in [1.165, 1.54) is 22.3 Å². The lowest BCUT2D eigenvalue weighted by Crippen LogP contribution is -2.17. The van der Waals surface area contributed by atoms with Gasteiger partial charge in [-0.2, -0.15) is 11.3 Å². The maximum absolute atomic E-state index is 5.77. The van der Waals surface area contributed by atoms with Crippen LogP contribution in [0.2, 0.25) is 0 Å². The number of benzene rings is 1. The first-order valence-corrected chi connectivity index (χ1v) is 7.62. The predicted molar refractivity (Wildman–Crippen MR) is 80.2 cm³/mol. The maximum atomic E-state index is 5.77. The van der Waals surface area contributed by atoms with Crippen LogP contribution in [-0.2, 0) is 6.42 Å². The van der Waals surface area contributed by atoms with Crippen LogP contribution in [0.4, 0.5) is 0 Å². The number of ether oxygens (including phenoxy) is 1. The Kier molecular flexibility index (Phi) is 3.33. The van der Waals surface area contributed by atoms with Crippen molar-refractivity contribution >= 4 is 11.3 Å². The fraction of sp³-hybridized carbons (Fsp3) is 0.375. The first kappa shape index (κ1) is 12.7. The van der Waals surface area contributed by atoms with Crippen molar-refractivity contribution < 1.29 is 4.74 Å². The van der Waals surface area contributed by atoms with Crippen molar-refractivity contribution in [1.82, 2.24) is 5.32 Å². The highest BCUT2D eigenvalue weighted by atomic mass is 32.1. The van der Waals surface area contributed by atoms with E-state index in [9.17, 15) is 0 Å². The van der Waals surface area contributed by atoms with Gasteiger partial charge in [-0.1, -0.05) is 12.1 Å². The van der Waals surface area contributed by atoms with Gasteiger partial charge in [0.05, 0.1) is 6.04 Å². The molecule has 0 aliphatic carbocycles. The molecule has 1 aliphatic heterocycles. The summed E-state index contributed by atoms with van der Waals surface area (Å²) in [7, 11) is 2.02. The molecule has 2 heterocycles. The third kappa shape index (κ3) is 2.28. The number of thiophene rings is 1. The van der Waals surface area contributed by atoms with E-state index in [1.807, 2.05) is 7.05 Å². The first-order valence-electron chi connectivity index (χ1n) is 6.68. The zero-order chi connectivity index (χ0) is 13.4. The summed E-state index contributed by atoms with van der Waals surface area (Å²) in [5.74, 6) is 1.05. The molecule has 3 rings (SSSR count). The Morgan fingerprint density at radius 2 is 2.21 bits per heavy atom. The Morgan fingerprint density at radius 3 is 2.89 bits per heavy atom. The summed E-state index contributed by atoms with van der Waals surface area (Å²) in [5, 5.41) is 7.88. The Bertz CT molecular complexity index is 590. The van der Waals surface area contributed by atoms with Crippen molar-refractivity contribution in [3.8, 4) is 5.75 Å². The van der Waals surface area contributed by atoms with Crippen molar-refractivity contribution in [2.75, 3.05) is 7.05 Å². The van der Waals surface area contributed by atoms with Crippen molar-refractivity contribution in [3.63, 3.8) is 0 Å². The molecule has 100 valence electrons. The van der Waals surface area contributed by atoms with E-state index in [4.69, 9.17) is 4.74 Å². The average molecular weight is 273 g/mol. The van der Waals surface area contributed by atoms with Crippen molar-refractivity contribution in [2.24, 2.45) is 0 Å². The van der Waals surface area contributed by atoms with E-state index < -0.39 is 0 Å². The lowest BCUT2D eigenvalue weighted by molar-refractivity contribution is 0.254. The molecule has 1 aliphatic rings. The van der Waals surface area contributed by atoms with E-state index in [1.54, 1.807) is 11.3 Å². The fourth-order valence-electron chi connectivity index (χ4n) is 2.79. The highest BCUT2D eigenvalue weighted by Gasteiger charge is 2.22. The number of fused-ring (bicyclic) bond motifs is 1. The monoisotopic (exact) mass is 273 g/mol. The second-order valence-corrected chi connectivity index (χ2v) is 5.98. The fourth-order valence-corrected chi connectivity index (χ4v) is 3.67. The topological polar surface area (TPSA) is 21.3 Å². The third-order valence-electron chi connectivity index (χ3n) is 3.75. The number of hydrogen-bond donors (Lipinski definition) is 1. The SMILES string of the molecule is CNC(c1ccc2c(c1)CC(C)O2)c1cscc1C. The molecule has 19 heavy (non-hydrogen) atoms. The summed E-state index contributed by atoms with van der Waals surface area (Å²) < 4.78 is 5.77. The molecule has 0 radical (unpaired) electrons. The van der Waals surface area contributed by atoms with Crippen LogP contribution in [0, 0.1) is 6.92 Å². The number of hydrogen-bond acceptors (Lipinski definition) is 3. The van der Waals surface area contributed by atoms with E-state index >= 15 is 0 Å². The molecule has 2 atom stereocenters. The normalized spacial score (nSPS) is 19.0. The molecular formula is C16H19NOS. The van der Waals surface area contributed by atoms with Crippen molar-refractivity contribution in [1.29, 1.82) is 0 Å². The van der Waals surface area contributed by atoms with Crippen LogP contribution in [0.5, 0.6) is 5.75 Å². The molecule has 1 aromatic heterocycles. The van der Waals surface area contributed by atoms with Gasteiger partial charge < -0.3 is 10.1 Å². The summed E-state index contributed by atoms with van der Waals surface area (Å²) in [4.78, 5) is 0. The largest absolute Gasteiger partial charge is 0.490 e. The maximum Gasteiger partial charge on any atom is 0.123 e. The predicted octanol–water partition coefficient (Wildman–Crippen LogP) is 3.69. The van der Waals surface area contributed by atoms with Crippen molar-refractivity contribution in [3.05, 3.63) is 51.2 Å². The van der Waals surface area contributed by atoms with Crippen LogP contribution >= 0.6 is 11.3 Å². The van der Waals surface area contributed by atoms with Crippen LogP contribution in [0.3, 0.4) is 0 Å². The Balaban J connectivity index is 1.97. The molecule has 1 N–H and O–H groups in total. The van der Waals surface area contributed by atoms with Gasteiger partial charge in [-0.05, 0) is 60.0 Å². The summed E-state index contributed by atoms with van der Waals surface area (Å²) in [5.41, 5.74) is 5.38. The highest BCUT2D eigenvalue weighted by molar-refractivity contribution is 7.08. The Morgan fingerprint density at radius 1 is 1.37 bits per heavy atom. The molecule has 0 saturated heterocycles. The van der Waals surface area contributed by atoms with Gasteiger partial charge in [0.15, 0.2) is 0 Å². The van der Waals surface area contributed by atoms with Gasteiger partial charge in [-0.15, -0.1) is 0 Å². The van der Waals surface area contributed by atoms with Gasteiger partial charge in [0.25, 0.3) is 0 Å². The zero-order valence-corrected chi connectivity index (χ0v) is 12.4. The summed E-state index contributed by atoms with van der Waals surface area (Å²) in [6.45, 7) is 4.30. The molecule has 2 aromatic rings. The van der Waals surface area contributed by atoms with Crippen LogP contribution in [0.25, 0.3) is 0 Å². The quantitative estimate of drug-likeness (QED) is 0.921. The van der Waals surface area contributed by atoms with Crippen LogP contribution in [0.1, 0.15) is 35.2 Å². The second-order valence-electron chi connectivity index (χ2n) is 5.23. The minimum atomic E-state index is 0.271. The van der Waals surface area contributed by atoms with Crippen molar-refractivity contribution in [2.45, 2.75) is 32.4 Å². The second kappa shape index (κ2) is 4.99. The molecule has 0 saturated carbocycles. The summed E-state index contributed by atoms with van der Waals surface area (Å²) >= 11 is 1.77. The highest BCUT2D eigenvalue weighted by Crippen LogP contribution is 2.34.